The molecule has 2 aromatic rings. The van der Waals surface area contributed by atoms with Crippen LogP contribution in [0.1, 0.15) is 23.2 Å². The van der Waals surface area contributed by atoms with E-state index in [1.807, 2.05) is 41.3 Å². The Kier molecular flexibility index (Phi) is 3.37. The van der Waals surface area contributed by atoms with Crippen molar-refractivity contribution in [2.45, 2.75) is 12.8 Å². The Morgan fingerprint density at radius 3 is 2.40 bits per heavy atom. The van der Waals surface area contributed by atoms with Gasteiger partial charge in [0.05, 0.1) is 5.69 Å². The summed E-state index contributed by atoms with van der Waals surface area (Å²) in [5.41, 5.74) is 8.21. The Morgan fingerprint density at radius 2 is 1.75 bits per heavy atom. The number of hydrogen-bond donors (Lipinski definition) is 1. The number of anilines is 1. The summed E-state index contributed by atoms with van der Waals surface area (Å²) in [6.07, 6.45) is 2.22. The van der Waals surface area contributed by atoms with Gasteiger partial charge in [-0.2, -0.15) is 0 Å². The number of rotatable bonds is 2. The molecule has 4 heteroatoms. The minimum Gasteiger partial charge on any atom is -0.384 e. The number of hydrogen-bond acceptors (Lipinski definition) is 3. The minimum absolute atomic E-state index is 0.120. The smallest absolute Gasteiger partial charge is 0.253 e. The van der Waals surface area contributed by atoms with Gasteiger partial charge in [-0.1, -0.05) is 18.2 Å². The highest BCUT2D eigenvalue weighted by atomic mass is 16.2. The Balaban J connectivity index is 1.82. The van der Waals surface area contributed by atoms with Crippen molar-refractivity contribution in [3.8, 4) is 11.3 Å². The molecular formula is C16H17N3O. The summed E-state index contributed by atoms with van der Waals surface area (Å²) in [4.78, 5) is 18.4. The first-order valence-corrected chi connectivity index (χ1v) is 6.86. The molecule has 2 heterocycles. The Hall–Kier alpha value is -2.36. The molecule has 3 rings (SSSR count). The molecule has 4 nitrogen and oxygen atoms in total. The molecular weight excluding hydrogens is 250 g/mol. The van der Waals surface area contributed by atoms with Crippen LogP contribution in [0.2, 0.25) is 0 Å². The van der Waals surface area contributed by atoms with E-state index < -0.39 is 0 Å². The second kappa shape index (κ2) is 5.33. The fraction of sp³-hybridized carbons (Fsp3) is 0.250. The van der Waals surface area contributed by atoms with Gasteiger partial charge in [0.1, 0.15) is 5.82 Å². The highest BCUT2D eigenvalue weighted by Gasteiger charge is 2.19. The lowest BCUT2D eigenvalue weighted by atomic mass is 10.1. The number of pyridine rings is 1. The Morgan fingerprint density at radius 1 is 1.05 bits per heavy atom. The summed E-state index contributed by atoms with van der Waals surface area (Å²) in [7, 11) is 0. The van der Waals surface area contributed by atoms with Gasteiger partial charge in [-0.3, -0.25) is 4.79 Å². The van der Waals surface area contributed by atoms with Gasteiger partial charge < -0.3 is 10.6 Å². The lowest BCUT2D eigenvalue weighted by Gasteiger charge is -2.15. The molecule has 1 saturated heterocycles. The number of carbonyl (C=O) groups is 1. The first-order valence-electron chi connectivity index (χ1n) is 6.86. The van der Waals surface area contributed by atoms with E-state index >= 15 is 0 Å². The monoisotopic (exact) mass is 267 g/mol. The van der Waals surface area contributed by atoms with Gasteiger partial charge in [-0.05, 0) is 37.1 Å². The zero-order valence-electron chi connectivity index (χ0n) is 11.2. The average Bonchev–Trinajstić information content (AvgIpc) is 3.01. The third kappa shape index (κ3) is 2.50. The van der Waals surface area contributed by atoms with Crippen LogP contribution < -0.4 is 5.73 Å². The summed E-state index contributed by atoms with van der Waals surface area (Å²) in [5, 5.41) is 0. The maximum absolute atomic E-state index is 12.2. The lowest BCUT2D eigenvalue weighted by Crippen LogP contribution is -2.27. The van der Waals surface area contributed by atoms with Crippen LogP contribution in [-0.4, -0.2) is 28.9 Å². The molecule has 1 aliphatic heterocycles. The highest BCUT2D eigenvalue weighted by molar-refractivity contribution is 5.94. The zero-order valence-corrected chi connectivity index (χ0v) is 11.2. The third-order valence-electron chi connectivity index (χ3n) is 3.59. The highest BCUT2D eigenvalue weighted by Crippen LogP contribution is 2.20. The molecule has 1 aliphatic rings. The molecule has 0 bridgehead atoms. The van der Waals surface area contributed by atoms with Crippen LogP contribution in [0, 0.1) is 0 Å². The summed E-state index contributed by atoms with van der Waals surface area (Å²) in [6.45, 7) is 1.74. The van der Waals surface area contributed by atoms with E-state index in [-0.39, 0.29) is 5.91 Å². The standard InChI is InChI=1S/C16H17N3O/c17-15-5-3-4-14(18-15)12-6-8-13(9-7-12)16(20)19-10-1-2-11-19/h3-9H,1-2,10-11H2,(H2,17,18). The second-order valence-corrected chi connectivity index (χ2v) is 5.02. The van der Waals surface area contributed by atoms with Crippen LogP contribution in [0.15, 0.2) is 42.5 Å². The van der Waals surface area contributed by atoms with Crippen LogP contribution in [-0.2, 0) is 0 Å². The Labute approximate surface area is 118 Å². The van der Waals surface area contributed by atoms with Crippen molar-refractivity contribution in [1.82, 2.24) is 9.88 Å². The van der Waals surface area contributed by atoms with E-state index in [9.17, 15) is 4.79 Å². The van der Waals surface area contributed by atoms with Crippen molar-refractivity contribution < 1.29 is 4.79 Å². The van der Waals surface area contributed by atoms with Crippen LogP contribution in [0.25, 0.3) is 11.3 Å². The van der Waals surface area contributed by atoms with Gasteiger partial charge in [-0.15, -0.1) is 0 Å². The third-order valence-corrected chi connectivity index (χ3v) is 3.59. The van der Waals surface area contributed by atoms with E-state index in [1.165, 1.54) is 0 Å². The van der Waals surface area contributed by atoms with E-state index in [0.29, 0.717) is 5.82 Å². The number of amides is 1. The average molecular weight is 267 g/mol. The molecule has 2 N–H and O–H groups in total. The fourth-order valence-corrected chi connectivity index (χ4v) is 2.50. The number of benzene rings is 1. The zero-order chi connectivity index (χ0) is 13.9. The predicted molar refractivity (Wildman–Crippen MR) is 79.2 cm³/mol. The fourth-order valence-electron chi connectivity index (χ4n) is 2.50. The van der Waals surface area contributed by atoms with Crippen LogP contribution in [0.4, 0.5) is 5.82 Å². The first-order chi connectivity index (χ1) is 9.74. The summed E-state index contributed by atoms with van der Waals surface area (Å²) >= 11 is 0. The molecule has 0 aliphatic carbocycles. The number of aromatic nitrogens is 1. The number of nitrogens with zero attached hydrogens (tertiary/aromatic N) is 2. The largest absolute Gasteiger partial charge is 0.384 e. The Bertz CT molecular complexity index is 616. The maximum atomic E-state index is 12.2. The molecule has 1 fully saturated rings. The van der Waals surface area contributed by atoms with E-state index in [0.717, 1.165) is 42.8 Å². The molecule has 0 spiro atoms. The quantitative estimate of drug-likeness (QED) is 0.909. The maximum Gasteiger partial charge on any atom is 0.253 e. The van der Waals surface area contributed by atoms with Crippen molar-refractivity contribution in [2.75, 3.05) is 18.8 Å². The summed E-state index contributed by atoms with van der Waals surface area (Å²) < 4.78 is 0. The van der Waals surface area contributed by atoms with E-state index in [2.05, 4.69) is 4.98 Å². The number of nitrogen functional groups attached to an aromatic ring is 1. The van der Waals surface area contributed by atoms with Crippen molar-refractivity contribution in [3.05, 3.63) is 48.0 Å². The van der Waals surface area contributed by atoms with Gasteiger partial charge >= 0.3 is 0 Å². The van der Waals surface area contributed by atoms with E-state index in [1.54, 1.807) is 6.07 Å². The molecule has 1 aromatic heterocycles. The molecule has 0 saturated carbocycles. The van der Waals surface area contributed by atoms with Gasteiger partial charge in [-0.25, -0.2) is 4.98 Å². The molecule has 102 valence electrons. The van der Waals surface area contributed by atoms with Gasteiger partial charge in [0.15, 0.2) is 0 Å². The lowest BCUT2D eigenvalue weighted by molar-refractivity contribution is 0.0793. The van der Waals surface area contributed by atoms with Crippen molar-refractivity contribution in [2.24, 2.45) is 0 Å². The molecule has 1 amide bonds. The van der Waals surface area contributed by atoms with Crippen molar-refractivity contribution >= 4 is 11.7 Å². The molecule has 20 heavy (non-hydrogen) atoms. The number of nitrogens with two attached hydrogens (primary N) is 1. The van der Waals surface area contributed by atoms with Crippen LogP contribution in [0.5, 0.6) is 0 Å². The SMILES string of the molecule is Nc1cccc(-c2ccc(C(=O)N3CCCC3)cc2)n1. The predicted octanol–water partition coefficient (Wildman–Crippen LogP) is 2.57. The molecule has 0 unspecified atom stereocenters. The van der Waals surface area contributed by atoms with Crippen molar-refractivity contribution in [1.29, 1.82) is 0 Å². The minimum atomic E-state index is 0.120. The summed E-state index contributed by atoms with van der Waals surface area (Å²) in [6, 6.07) is 13.1. The van der Waals surface area contributed by atoms with Crippen LogP contribution in [0.3, 0.4) is 0 Å². The molecule has 0 radical (unpaired) electrons. The number of likely N-dealkylation sites (tertiary alicyclic amines) is 1. The molecule has 0 atom stereocenters. The van der Waals surface area contributed by atoms with Crippen molar-refractivity contribution in [3.63, 3.8) is 0 Å². The number of carbonyl (C=O) groups excluding carboxylic acids is 1. The second-order valence-electron chi connectivity index (χ2n) is 5.02. The van der Waals surface area contributed by atoms with E-state index in [4.69, 9.17) is 5.73 Å². The normalized spacial score (nSPS) is 14.5. The van der Waals surface area contributed by atoms with Gasteiger partial charge in [0.25, 0.3) is 5.91 Å². The summed E-state index contributed by atoms with van der Waals surface area (Å²) in [5.74, 6) is 0.620. The van der Waals surface area contributed by atoms with Gasteiger partial charge in [0, 0.05) is 24.2 Å². The van der Waals surface area contributed by atoms with Gasteiger partial charge in [0.2, 0.25) is 0 Å². The van der Waals surface area contributed by atoms with Crippen LogP contribution >= 0.6 is 0 Å². The molecule has 1 aromatic carbocycles. The first kappa shape index (κ1) is 12.7. The topological polar surface area (TPSA) is 59.2 Å².